The Morgan fingerprint density at radius 1 is 1.21 bits per heavy atom. The number of hydrogen-bond acceptors (Lipinski definition) is 7. The predicted molar refractivity (Wildman–Crippen MR) is 101 cm³/mol. The van der Waals surface area contributed by atoms with E-state index in [0.717, 1.165) is 0 Å². The van der Waals surface area contributed by atoms with Crippen LogP contribution in [0.3, 0.4) is 0 Å². The van der Waals surface area contributed by atoms with Gasteiger partial charge in [0.05, 0.1) is 37.9 Å². The fraction of sp³-hybridized carbons (Fsp3) is 0.600. The number of benzene rings is 1. The number of nitrogens with one attached hydrogen (secondary N) is 1. The molecule has 1 aromatic carbocycles. The van der Waals surface area contributed by atoms with E-state index in [9.17, 15) is 14.7 Å². The first kappa shape index (κ1) is 19.9. The number of rotatable bonds is 3. The Hall–Kier alpha value is -2.36. The summed E-state index contributed by atoms with van der Waals surface area (Å²) in [5.41, 5.74) is 0.467. The smallest absolute Gasteiger partial charge is 0.254 e. The second-order valence-corrected chi connectivity index (χ2v) is 7.54. The SMILES string of the molecule is CNC(=O)C[C@@H]1CC[C@@H]2[C@H](COC[C@@H](O)CN2C(=O)c2ccc3c(c2)OCO3)O1. The molecule has 0 radical (unpaired) electrons. The molecule has 2 amide bonds. The number of carbonyl (C=O) groups is 2. The number of nitrogens with zero attached hydrogens (tertiary/aromatic N) is 1. The minimum Gasteiger partial charge on any atom is -0.454 e. The molecule has 3 aliphatic heterocycles. The van der Waals surface area contributed by atoms with Crippen molar-refractivity contribution in [2.75, 3.05) is 33.6 Å². The van der Waals surface area contributed by atoms with Crippen LogP contribution in [-0.4, -0.2) is 79.8 Å². The summed E-state index contributed by atoms with van der Waals surface area (Å²) in [4.78, 5) is 26.7. The van der Waals surface area contributed by atoms with Crippen LogP contribution in [0.2, 0.25) is 0 Å². The van der Waals surface area contributed by atoms with Gasteiger partial charge in [-0.1, -0.05) is 0 Å². The van der Waals surface area contributed by atoms with Crippen LogP contribution >= 0.6 is 0 Å². The van der Waals surface area contributed by atoms with Crippen LogP contribution in [0.1, 0.15) is 29.6 Å². The highest BCUT2D eigenvalue weighted by atomic mass is 16.7. The van der Waals surface area contributed by atoms with Crippen molar-refractivity contribution in [3.05, 3.63) is 23.8 Å². The van der Waals surface area contributed by atoms with Gasteiger partial charge in [-0.3, -0.25) is 9.59 Å². The van der Waals surface area contributed by atoms with E-state index < -0.39 is 6.10 Å². The van der Waals surface area contributed by atoms with Crippen LogP contribution in [-0.2, 0) is 14.3 Å². The van der Waals surface area contributed by atoms with Crippen molar-refractivity contribution in [2.45, 2.75) is 43.6 Å². The molecule has 3 heterocycles. The number of fused-ring (bicyclic) bond motifs is 2. The van der Waals surface area contributed by atoms with Crippen molar-refractivity contribution in [3.8, 4) is 11.5 Å². The second-order valence-electron chi connectivity index (χ2n) is 7.54. The van der Waals surface area contributed by atoms with Gasteiger partial charge in [0.1, 0.15) is 6.10 Å². The first-order chi connectivity index (χ1) is 14.0. The van der Waals surface area contributed by atoms with E-state index in [2.05, 4.69) is 5.32 Å². The number of ether oxygens (including phenoxy) is 4. The lowest BCUT2D eigenvalue weighted by atomic mass is 9.94. The third kappa shape index (κ3) is 4.31. The highest BCUT2D eigenvalue weighted by molar-refractivity contribution is 5.95. The molecule has 9 nitrogen and oxygen atoms in total. The largest absolute Gasteiger partial charge is 0.454 e. The lowest BCUT2D eigenvalue weighted by Crippen LogP contribution is -2.57. The predicted octanol–water partition coefficient (Wildman–Crippen LogP) is 0.301. The van der Waals surface area contributed by atoms with Gasteiger partial charge in [0.2, 0.25) is 12.7 Å². The van der Waals surface area contributed by atoms with Crippen LogP contribution in [0.25, 0.3) is 0 Å². The second kappa shape index (κ2) is 8.56. The number of hydrogen-bond donors (Lipinski definition) is 2. The van der Waals surface area contributed by atoms with Gasteiger partial charge in [-0.2, -0.15) is 0 Å². The summed E-state index contributed by atoms with van der Waals surface area (Å²) in [5, 5.41) is 12.9. The number of β-amino-alcohol motifs (C(OH)–C–C–N with tert-alkyl or cyclic N) is 1. The van der Waals surface area contributed by atoms with Crippen LogP contribution in [0.4, 0.5) is 0 Å². The fourth-order valence-electron chi connectivity index (χ4n) is 4.08. The van der Waals surface area contributed by atoms with Crippen molar-refractivity contribution in [1.29, 1.82) is 0 Å². The Balaban J connectivity index is 1.54. The topological polar surface area (TPSA) is 107 Å². The Morgan fingerprint density at radius 3 is 2.86 bits per heavy atom. The molecule has 158 valence electrons. The van der Waals surface area contributed by atoms with E-state index in [0.29, 0.717) is 29.9 Å². The number of aliphatic hydroxyl groups excluding tert-OH is 1. The van der Waals surface area contributed by atoms with Crippen molar-refractivity contribution in [3.63, 3.8) is 0 Å². The summed E-state index contributed by atoms with van der Waals surface area (Å²) >= 11 is 0. The third-order valence-electron chi connectivity index (χ3n) is 5.55. The highest BCUT2D eigenvalue weighted by Crippen LogP contribution is 2.34. The maximum absolute atomic E-state index is 13.3. The lowest BCUT2D eigenvalue weighted by Gasteiger charge is -2.44. The maximum atomic E-state index is 13.3. The van der Waals surface area contributed by atoms with Gasteiger partial charge in [0.15, 0.2) is 11.5 Å². The average molecular weight is 406 g/mol. The van der Waals surface area contributed by atoms with Crippen molar-refractivity contribution < 1.29 is 33.6 Å². The summed E-state index contributed by atoms with van der Waals surface area (Å²) in [5.74, 6) is 0.865. The van der Waals surface area contributed by atoms with E-state index in [1.54, 1.807) is 30.1 Å². The molecular formula is C20H26N2O7. The lowest BCUT2D eigenvalue weighted by molar-refractivity contribution is -0.150. The summed E-state index contributed by atoms with van der Waals surface area (Å²) in [7, 11) is 1.60. The molecule has 2 fully saturated rings. The van der Waals surface area contributed by atoms with E-state index in [-0.39, 0.29) is 63.0 Å². The highest BCUT2D eigenvalue weighted by Gasteiger charge is 2.40. The quantitative estimate of drug-likeness (QED) is 0.744. The molecule has 29 heavy (non-hydrogen) atoms. The van der Waals surface area contributed by atoms with Crippen LogP contribution in [0, 0.1) is 0 Å². The van der Waals surface area contributed by atoms with Gasteiger partial charge in [-0.15, -0.1) is 0 Å². The molecular weight excluding hydrogens is 380 g/mol. The van der Waals surface area contributed by atoms with Gasteiger partial charge >= 0.3 is 0 Å². The van der Waals surface area contributed by atoms with Crippen LogP contribution in [0.5, 0.6) is 11.5 Å². The summed E-state index contributed by atoms with van der Waals surface area (Å²) in [6.45, 7) is 0.671. The molecule has 2 N–H and O–H groups in total. The minimum absolute atomic E-state index is 0.0797. The molecule has 0 spiro atoms. The normalized spacial score (nSPS) is 28.8. The number of aliphatic hydroxyl groups is 1. The summed E-state index contributed by atoms with van der Waals surface area (Å²) < 4.78 is 22.4. The van der Waals surface area contributed by atoms with Gasteiger partial charge in [0.25, 0.3) is 5.91 Å². The Labute approximate surface area is 168 Å². The molecule has 3 aliphatic rings. The maximum Gasteiger partial charge on any atom is 0.254 e. The van der Waals surface area contributed by atoms with Gasteiger partial charge in [0, 0.05) is 19.2 Å². The van der Waals surface area contributed by atoms with Gasteiger partial charge in [-0.25, -0.2) is 0 Å². The molecule has 0 aromatic heterocycles. The van der Waals surface area contributed by atoms with Crippen LogP contribution in [0.15, 0.2) is 18.2 Å². The van der Waals surface area contributed by atoms with Gasteiger partial charge in [-0.05, 0) is 31.0 Å². The Morgan fingerprint density at radius 2 is 2.03 bits per heavy atom. The minimum atomic E-state index is -0.780. The van der Waals surface area contributed by atoms with E-state index in [4.69, 9.17) is 18.9 Å². The molecule has 1 aromatic rings. The molecule has 0 bridgehead atoms. The molecule has 9 heteroatoms. The Bertz CT molecular complexity index is 771. The molecule has 4 rings (SSSR count). The van der Waals surface area contributed by atoms with Gasteiger partial charge < -0.3 is 34.3 Å². The molecule has 0 saturated carbocycles. The monoisotopic (exact) mass is 406 g/mol. The molecule has 2 saturated heterocycles. The van der Waals surface area contributed by atoms with Crippen molar-refractivity contribution in [2.24, 2.45) is 0 Å². The summed E-state index contributed by atoms with van der Waals surface area (Å²) in [6, 6.07) is 4.83. The number of amides is 2. The first-order valence-corrected chi connectivity index (χ1v) is 9.87. The summed E-state index contributed by atoms with van der Waals surface area (Å²) in [6.07, 6.45) is 0.236. The molecule has 0 aliphatic carbocycles. The van der Waals surface area contributed by atoms with Crippen molar-refractivity contribution >= 4 is 11.8 Å². The van der Waals surface area contributed by atoms with Crippen LogP contribution < -0.4 is 14.8 Å². The molecule has 0 unspecified atom stereocenters. The molecule has 4 atom stereocenters. The first-order valence-electron chi connectivity index (χ1n) is 9.87. The Kier molecular flexibility index (Phi) is 5.89. The fourth-order valence-corrected chi connectivity index (χ4v) is 4.08. The standard InChI is InChI=1S/C20H26N2O7/c1-21-19(24)7-14-3-4-15-18(29-14)10-26-9-13(23)8-22(15)20(25)12-2-5-16-17(6-12)28-11-27-16/h2,5-6,13-15,18,23H,3-4,7-11H2,1H3,(H,21,24)/t13-,14-,15+,18-/m0/s1. The van der Waals surface area contributed by atoms with Crippen molar-refractivity contribution in [1.82, 2.24) is 10.2 Å². The zero-order valence-corrected chi connectivity index (χ0v) is 16.3. The van der Waals surface area contributed by atoms with E-state index >= 15 is 0 Å². The third-order valence-corrected chi connectivity index (χ3v) is 5.55. The number of carbonyl (C=O) groups excluding carboxylic acids is 2. The zero-order chi connectivity index (χ0) is 20.4. The average Bonchev–Trinajstić information content (AvgIpc) is 3.18. The zero-order valence-electron chi connectivity index (χ0n) is 16.3. The van der Waals surface area contributed by atoms with E-state index in [1.807, 2.05) is 0 Å². The van der Waals surface area contributed by atoms with E-state index in [1.165, 1.54) is 0 Å².